The number of nitrogens with two attached hydrogens (primary N) is 1. The number of Topliss-reactive ketones (excluding diaryl/α,β-unsaturated/α-hetero) is 4. The maximum Gasteiger partial charge on any atom is 0.305 e. The minimum Gasteiger partial charge on any atom is -0.507 e. The highest BCUT2D eigenvalue weighted by Gasteiger charge is 2.74. The van der Waals surface area contributed by atoms with Gasteiger partial charge in [0.15, 0.2) is 34.7 Å². The molecule has 2 saturated carbocycles. The Bertz CT molecular complexity index is 1260. The molecule has 0 aromatic heterocycles. The van der Waals surface area contributed by atoms with E-state index in [0.29, 0.717) is 9.13 Å². The second-order valence-corrected chi connectivity index (χ2v) is 11.2. The number of rotatable bonds is 4. The molecule has 12 heteroatoms. The summed E-state index contributed by atoms with van der Waals surface area (Å²) in [6.07, 6.45) is -1.53. The van der Waals surface area contributed by atoms with Crippen LogP contribution in [-0.2, 0) is 28.7 Å². The van der Waals surface area contributed by atoms with Crippen LogP contribution >= 0.6 is 22.6 Å². The number of phenolic OH excluding ortho intramolecular Hbond substituents is 1. The van der Waals surface area contributed by atoms with Crippen molar-refractivity contribution < 1.29 is 43.7 Å². The fourth-order valence-corrected chi connectivity index (χ4v) is 7.31. The predicted octanol–water partition coefficient (Wildman–Crippen LogP) is -0.0357. The van der Waals surface area contributed by atoms with Gasteiger partial charge in [0, 0.05) is 15.9 Å². The van der Waals surface area contributed by atoms with Gasteiger partial charge in [-0.05, 0) is 60.3 Å². The van der Waals surface area contributed by atoms with Crippen molar-refractivity contribution in [1.29, 1.82) is 0 Å². The number of likely N-dealkylation sites (N-methyl/N-ethyl adjacent to an activating group) is 1. The van der Waals surface area contributed by atoms with Gasteiger partial charge in [-0.2, -0.15) is 0 Å². The number of ketones is 4. The zero-order valence-corrected chi connectivity index (χ0v) is 22.7. The number of aliphatic hydroxyl groups is 1. The number of esters is 1. The summed E-state index contributed by atoms with van der Waals surface area (Å²) < 4.78 is 6.37. The number of fused-ring (bicyclic) bond motifs is 3. The molecule has 1 amide bonds. The van der Waals surface area contributed by atoms with Crippen molar-refractivity contribution in [2.24, 2.45) is 29.4 Å². The van der Waals surface area contributed by atoms with E-state index in [4.69, 9.17) is 10.5 Å². The van der Waals surface area contributed by atoms with Crippen LogP contribution in [0.5, 0.6) is 5.75 Å². The molecule has 0 heterocycles. The third-order valence-corrected chi connectivity index (χ3v) is 8.88. The first-order valence-electron chi connectivity index (χ1n) is 11.8. The van der Waals surface area contributed by atoms with Crippen LogP contribution in [0.4, 0.5) is 0 Å². The summed E-state index contributed by atoms with van der Waals surface area (Å²) >= 11 is 1.99. The second kappa shape index (κ2) is 9.24. The number of amides is 1. The van der Waals surface area contributed by atoms with E-state index < -0.39 is 82.3 Å². The fourth-order valence-electron chi connectivity index (χ4n) is 6.37. The van der Waals surface area contributed by atoms with Crippen LogP contribution in [0.2, 0.25) is 0 Å². The second-order valence-electron chi connectivity index (χ2n) is 10.0. The van der Waals surface area contributed by atoms with Gasteiger partial charge in [0.05, 0.1) is 23.4 Å². The number of aromatic hydroxyl groups is 1. The monoisotopic (exact) mass is 626 g/mol. The first-order chi connectivity index (χ1) is 17.2. The number of hydrogen-bond acceptors (Lipinski definition) is 10. The SMILES string of the molecule is CCC(=O)O[C@@H]1[C@@H]2C(C(=O)c3c(O)ccc(I)c3[C@H]2C)C(=O)[C@@]2(O)C(=O)C(C(N)=O)C(=O)[C@H](N(C)C)[C@@H]12. The number of halogens is 1. The molecule has 8 atom stereocenters. The number of primary amides is 1. The molecule has 4 N–H and O–H groups in total. The largest absolute Gasteiger partial charge is 0.507 e. The van der Waals surface area contributed by atoms with E-state index in [1.54, 1.807) is 13.0 Å². The molecule has 4 rings (SSSR count). The summed E-state index contributed by atoms with van der Waals surface area (Å²) in [4.78, 5) is 80.9. The third-order valence-electron chi connectivity index (χ3n) is 7.94. The van der Waals surface area contributed by atoms with Crippen molar-refractivity contribution in [3.05, 3.63) is 26.8 Å². The molecule has 0 bridgehead atoms. The average Bonchev–Trinajstić information content (AvgIpc) is 2.81. The molecule has 0 saturated heterocycles. The van der Waals surface area contributed by atoms with Crippen molar-refractivity contribution in [1.82, 2.24) is 4.90 Å². The lowest BCUT2D eigenvalue weighted by Gasteiger charge is -2.56. The summed E-state index contributed by atoms with van der Waals surface area (Å²) in [5.41, 5.74) is 2.64. The van der Waals surface area contributed by atoms with Gasteiger partial charge < -0.3 is 20.7 Å². The van der Waals surface area contributed by atoms with E-state index in [9.17, 15) is 39.0 Å². The normalized spacial score (nSPS) is 35.1. The number of nitrogens with zero attached hydrogens (tertiary/aromatic N) is 1. The molecule has 198 valence electrons. The van der Waals surface area contributed by atoms with Crippen LogP contribution in [0.25, 0.3) is 0 Å². The fraction of sp³-hybridized carbons (Fsp3) is 0.520. The van der Waals surface area contributed by atoms with E-state index in [2.05, 4.69) is 0 Å². The summed E-state index contributed by atoms with van der Waals surface area (Å²) in [6, 6.07) is 1.49. The van der Waals surface area contributed by atoms with Crippen molar-refractivity contribution in [2.45, 2.75) is 43.9 Å². The molecule has 3 aliphatic rings. The average molecular weight is 626 g/mol. The van der Waals surface area contributed by atoms with Crippen LogP contribution in [0, 0.1) is 27.2 Å². The van der Waals surface area contributed by atoms with Crippen LogP contribution in [0.3, 0.4) is 0 Å². The van der Waals surface area contributed by atoms with Gasteiger partial charge in [0.2, 0.25) is 5.91 Å². The first-order valence-corrected chi connectivity index (χ1v) is 12.8. The number of carbonyl (C=O) groups is 6. The van der Waals surface area contributed by atoms with E-state index in [1.807, 2.05) is 22.6 Å². The van der Waals surface area contributed by atoms with Gasteiger partial charge in [0.1, 0.15) is 11.9 Å². The lowest BCUT2D eigenvalue weighted by atomic mass is 9.49. The molecule has 37 heavy (non-hydrogen) atoms. The van der Waals surface area contributed by atoms with Crippen LogP contribution in [0.1, 0.15) is 42.1 Å². The molecule has 0 spiro atoms. The topological polar surface area (TPSA) is 181 Å². The smallest absolute Gasteiger partial charge is 0.305 e. The van der Waals surface area contributed by atoms with Gasteiger partial charge in [0.25, 0.3) is 0 Å². The molecule has 2 fully saturated rings. The number of carbonyl (C=O) groups excluding carboxylic acids is 6. The van der Waals surface area contributed by atoms with E-state index in [-0.39, 0.29) is 17.7 Å². The quantitative estimate of drug-likeness (QED) is 0.233. The zero-order valence-electron chi connectivity index (χ0n) is 20.6. The maximum atomic E-state index is 14.0. The van der Waals surface area contributed by atoms with Gasteiger partial charge in [-0.15, -0.1) is 0 Å². The van der Waals surface area contributed by atoms with Gasteiger partial charge in [-0.25, -0.2) is 0 Å². The Hall–Kier alpha value is -2.71. The predicted molar refractivity (Wildman–Crippen MR) is 134 cm³/mol. The van der Waals surface area contributed by atoms with Gasteiger partial charge in [-0.3, -0.25) is 33.7 Å². The van der Waals surface area contributed by atoms with Crippen LogP contribution in [-0.4, -0.2) is 82.0 Å². The number of ether oxygens (including phenoxy) is 1. The minimum absolute atomic E-state index is 0.0946. The number of phenols is 1. The Balaban J connectivity index is 2.05. The maximum absolute atomic E-state index is 14.0. The molecule has 1 aromatic carbocycles. The standard InChI is InChI=1S/C25H27IN2O9/c1-5-11(30)37-21-13-8(2)12-9(26)6-7-10(29)14(12)19(31)15(13)22(33)25(36)17(21)18(28(3)4)20(32)16(23(25)34)24(27)35/h6-8,13,15-18,21,29,36H,5H2,1-4H3,(H2,27,35)/t8-,13+,15?,16?,17+,18-,21-,25-/m1/s1. The van der Waals surface area contributed by atoms with Gasteiger partial charge in [-0.1, -0.05) is 13.8 Å². The third kappa shape index (κ3) is 3.67. The Kier molecular flexibility index (Phi) is 6.82. The lowest BCUT2D eigenvalue weighted by molar-refractivity contribution is -0.205. The molecular formula is C25H27IN2O9. The minimum atomic E-state index is -3.02. The molecule has 0 aliphatic heterocycles. The van der Waals surface area contributed by atoms with Crippen molar-refractivity contribution in [3.8, 4) is 5.75 Å². The van der Waals surface area contributed by atoms with E-state index >= 15 is 0 Å². The van der Waals surface area contributed by atoms with E-state index in [1.165, 1.54) is 32.0 Å². The highest BCUT2D eigenvalue weighted by atomic mass is 127. The van der Waals surface area contributed by atoms with Crippen molar-refractivity contribution in [3.63, 3.8) is 0 Å². The van der Waals surface area contributed by atoms with E-state index in [0.717, 1.165) is 0 Å². The summed E-state index contributed by atoms with van der Waals surface area (Å²) in [6.45, 7) is 3.22. The Morgan fingerprint density at radius 3 is 2.32 bits per heavy atom. The summed E-state index contributed by atoms with van der Waals surface area (Å²) in [5, 5.41) is 22.4. The first kappa shape index (κ1) is 27.3. The Labute approximate surface area is 225 Å². The lowest BCUT2D eigenvalue weighted by Crippen LogP contribution is -2.78. The molecule has 0 radical (unpaired) electrons. The number of benzene rings is 1. The Morgan fingerprint density at radius 2 is 1.78 bits per heavy atom. The highest BCUT2D eigenvalue weighted by Crippen LogP contribution is 2.55. The molecular weight excluding hydrogens is 599 g/mol. The summed E-state index contributed by atoms with van der Waals surface area (Å²) in [7, 11) is 2.91. The van der Waals surface area contributed by atoms with Crippen molar-refractivity contribution in [2.75, 3.05) is 14.1 Å². The van der Waals surface area contributed by atoms with Crippen LogP contribution < -0.4 is 5.73 Å². The zero-order chi connectivity index (χ0) is 27.7. The molecule has 11 nitrogen and oxygen atoms in total. The van der Waals surface area contributed by atoms with Crippen molar-refractivity contribution >= 4 is 57.6 Å². The highest BCUT2D eigenvalue weighted by molar-refractivity contribution is 14.1. The number of hydrogen-bond donors (Lipinski definition) is 3. The van der Waals surface area contributed by atoms with Crippen LogP contribution in [0.15, 0.2) is 12.1 Å². The molecule has 2 unspecified atom stereocenters. The van der Waals surface area contributed by atoms with Gasteiger partial charge >= 0.3 is 5.97 Å². The summed E-state index contributed by atoms with van der Waals surface area (Å²) in [5.74, 6) is -14.0. The Morgan fingerprint density at radius 1 is 1.16 bits per heavy atom. The molecule has 3 aliphatic carbocycles. The molecule has 1 aromatic rings.